The van der Waals surface area contributed by atoms with Crippen molar-refractivity contribution in [1.29, 1.82) is 0 Å². The predicted molar refractivity (Wildman–Crippen MR) is 76.6 cm³/mol. The SMILES string of the molecule is COC(=O)[C@H](N)CCCOc1ccc(Cl)c(Cl)c1C=O. The molecule has 1 aromatic carbocycles. The molecule has 1 atom stereocenters. The van der Waals surface area contributed by atoms with Gasteiger partial charge in [0.15, 0.2) is 6.29 Å². The molecule has 0 saturated carbocycles. The minimum atomic E-state index is -0.678. The number of hydrogen-bond acceptors (Lipinski definition) is 5. The van der Waals surface area contributed by atoms with Crippen LogP contribution in [0, 0.1) is 0 Å². The maximum atomic E-state index is 11.1. The van der Waals surface area contributed by atoms with Gasteiger partial charge in [0.2, 0.25) is 0 Å². The highest BCUT2D eigenvalue weighted by Gasteiger charge is 2.14. The second-order valence-corrected chi connectivity index (χ2v) is 4.80. The molecule has 0 fully saturated rings. The molecule has 0 bridgehead atoms. The van der Waals surface area contributed by atoms with E-state index in [4.69, 9.17) is 33.7 Å². The van der Waals surface area contributed by atoms with Crippen LogP contribution in [0.25, 0.3) is 0 Å². The Hall–Kier alpha value is -1.30. The van der Waals surface area contributed by atoms with E-state index in [0.717, 1.165) is 0 Å². The lowest BCUT2D eigenvalue weighted by molar-refractivity contribution is -0.142. The molecular formula is C13H15Cl2NO4. The first-order chi connectivity index (χ1) is 9.51. The Morgan fingerprint density at radius 2 is 2.15 bits per heavy atom. The predicted octanol–water partition coefficient (Wildman–Crippen LogP) is 2.47. The first-order valence-electron chi connectivity index (χ1n) is 5.90. The number of rotatable bonds is 7. The van der Waals surface area contributed by atoms with Gasteiger partial charge in [-0.3, -0.25) is 9.59 Å². The van der Waals surface area contributed by atoms with Crippen LogP contribution >= 0.6 is 23.2 Å². The molecule has 2 N–H and O–H groups in total. The van der Waals surface area contributed by atoms with E-state index in [2.05, 4.69) is 4.74 Å². The summed E-state index contributed by atoms with van der Waals surface area (Å²) in [6, 6.07) is 2.44. The molecule has 20 heavy (non-hydrogen) atoms. The first kappa shape index (κ1) is 16.8. The fourth-order valence-corrected chi connectivity index (χ4v) is 1.90. The molecule has 110 valence electrons. The number of methoxy groups -OCH3 is 1. The molecule has 1 aromatic rings. The standard InChI is InChI=1S/C13H15Cl2NO4/c1-19-13(18)10(16)3-2-6-20-11-5-4-9(14)12(15)8(11)7-17/h4-5,7,10H,2-3,6,16H2,1H3/t10-/m1/s1. The number of ether oxygens (including phenoxy) is 2. The third-order valence-electron chi connectivity index (χ3n) is 2.63. The summed E-state index contributed by atoms with van der Waals surface area (Å²) in [5, 5.41) is 0.444. The molecule has 0 aliphatic carbocycles. The summed E-state index contributed by atoms with van der Waals surface area (Å²) in [5.41, 5.74) is 5.79. The summed E-state index contributed by atoms with van der Waals surface area (Å²) in [6.07, 6.45) is 1.54. The summed E-state index contributed by atoms with van der Waals surface area (Å²) in [7, 11) is 1.28. The number of halogens is 2. The number of benzene rings is 1. The van der Waals surface area contributed by atoms with E-state index < -0.39 is 12.0 Å². The van der Waals surface area contributed by atoms with Crippen LogP contribution in [0.4, 0.5) is 0 Å². The molecule has 0 saturated heterocycles. The number of aldehydes is 1. The lowest BCUT2D eigenvalue weighted by Crippen LogP contribution is -2.31. The molecule has 0 heterocycles. The number of nitrogens with two attached hydrogens (primary N) is 1. The quantitative estimate of drug-likeness (QED) is 0.474. The van der Waals surface area contributed by atoms with Gasteiger partial charge < -0.3 is 15.2 Å². The Morgan fingerprint density at radius 1 is 1.45 bits per heavy atom. The van der Waals surface area contributed by atoms with Crippen molar-refractivity contribution in [3.63, 3.8) is 0 Å². The Bertz CT molecular complexity index is 494. The molecule has 0 unspecified atom stereocenters. The van der Waals surface area contributed by atoms with Crippen molar-refractivity contribution in [2.24, 2.45) is 5.73 Å². The summed E-state index contributed by atoms with van der Waals surface area (Å²) in [4.78, 5) is 22.1. The van der Waals surface area contributed by atoms with Crippen LogP contribution in [0.2, 0.25) is 10.0 Å². The van der Waals surface area contributed by atoms with E-state index in [9.17, 15) is 9.59 Å². The van der Waals surface area contributed by atoms with Gasteiger partial charge in [-0.15, -0.1) is 0 Å². The van der Waals surface area contributed by atoms with Gasteiger partial charge in [-0.1, -0.05) is 23.2 Å². The zero-order chi connectivity index (χ0) is 15.1. The van der Waals surface area contributed by atoms with Gasteiger partial charge in [-0.25, -0.2) is 0 Å². The highest BCUT2D eigenvalue weighted by atomic mass is 35.5. The lowest BCUT2D eigenvalue weighted by Gasteiger charge is -2.12. The summed E-state index contributed by atoms with van der Waals surface area (Å²) in [5.74, 6) is -0.117. The lowest BCUT2D eigenvalue weighted by atomic mass is 10.2. The summed E-state index contributed by atoms with van der Waals surface area (Å²) < 4.78 is 9.96. The van der Waals surface area contributed by atoms with Gasteiger partial charge in [0.1, 0.15) is 11.8 Å². The highest BCUT2D eigenvalue weighted by molar-refractivity contribution is 6.43. The van der Waals surface area contributed by atoms with Gasteiger partial charge in [0, 0.05) is 0 Å². The van der Waals surface area contributed by atoms with Gasteiger partial charge in [-0.2, -0.15) is 0 Å². The molecule has 1 rings (SSSR count). The number of esters is 1. The van der Waals surface area contributed by atoms with Crippen LogP contribution in [0.3, 0.4) is 0 Å². The maximum absolute atomic E-state index is 11.1. The van der Waals surface area contributed by atoms with Crippen LogP contribution in [-0.4, -0.2) is 32.0 Å². The Labute approximate surface area is 126 Å². The van der Waals surface area contributed by atoms with Crippen LogP contribution in [0.5, 0.6) is 5.75 Å². The van der Waals surface area contributed by atoms with E-state index in [1.807, 2.05) is 0 Å². The monoisotopic (exact) mass is 319 g/mol. The van der Waals surface area contributed by atoms with Gasteiger partial charge in [0.05, 0.1) is 29.3 Å². The highest BCUT2D eigenvalue weighted by Crippen LogP contribution is 2.31. The van der Waals surface area contributed by atoms with Crippen molar-refractivity contribution in [3.05, 3.63) is 27.7 Å². The van der Waals surface area contributed by atoms with Crippen molar-refractivity contribution in [3.8, 4) is 5.75 Å². The Kier molecular flexibility index (Phi) is 6.78. The normalized spacial score (nSPS) is 11.8. The van der Waals surface area contributed by atoms with E-state index >= 15 is 0 Å². The van der Waals surface area contributed by atoms with Gasteiger partial charge in [-0.05, 0) is 25.0 Å². The fourth-order valence-electron chi connectivity index (χ4n) is 1.54. The van der Waals surface area contributed by atoms with Crippen LogP contribution in [-0.2, 0) is 9.53 Å². The minimum Gasteiger partial charge on any atom is -0.493 e. The van der Waals surface area contributed by atoms with Crippen molar-refractivity contribution in [2.75, 3.05) is 13.7 Å². The van der Waals surface area contributed by atoms with E-state index in [-0.39, 0.29) is 15.6 Å². The van der Waals surface area contributed by atoms with Crippen LogP contribution in [0.15, 0.2) is 12.1 Å². The van der Waals surface area contributed by atoms with Crippen molar-refractivity contribution in [1.82, 2.24) is 0 Å². The Balaban J connectivity index is 2.53. The van der Waals surface area contributed by atoms with Crippen molar-refractivity contribution >= 4 is 35.5 Å². The number of carbonyl (C=O) groups excluding carboxylic acids is 2. The average molecular weight is 320 g/mol. The smallest absolute Gasteiger partial charge is 0.322 e. The molecule has 0 aliphatic rings. The maximum Gasteiger partial charge on any atom is 0.322 e. The molecule has 0 spiro atoms. The molecule has 0 aliphatic heterocycles. The van der Waals surface area contributed by atoms with Crippen molar-refractivity contribution < 1.29 is 19.1 Å². The second-order valence-electron chi connectivity index (χ2n) is 4.01. The third kappa shape index (κ3) is 4.37. The third-order valence-corrected chi connectivity index (χ3v) is 3.45. The zero-order valence-electron chi connectivity index (χ0n) is 10.9. The molecular weight excluding hydrogens is 305 g/mol. The average Bonchev–Trinajstić information content (AvgIpc) is 2.46. The molecule has 5 nitrogen and oxygen atoms in total. The summed E-state index contributed by atoms with van der Waals surface area (Å²) >= 11 is 11.7. The van der Waals surface area contributed by atoms with Gasteiger partial charge >= 0.3 is 5.97 Å². The van der Waals surface area contributed by atoms with E-state index in [1.54, 1.807) is 12.1 Å². The van der Waals surface area contributed by atoms with Crippen LogP contribution in [0.1, 0.15) is 23.2 Å². The van der Waals surface area contributed by atoms with Crippen LogP contribution < -0.4 is 10.5 Å². The first-order valence-corrected chi connectivity index (χ1v) is 6.66. The van der Waals surface area contributed by atoms with E-state index in [0.29, 0.717) is 31.5 Å². The van der Waals surface area contributed by atoms with E-state index in [1.165, 1.54) is 7.11 Å². The molecule has 7 heteroatoms. The summed E-state index contributed by atoms with van der Waals surface area (Å²) in [6.45, 7) is 0.295. The Morgan fingerprint density at radius 3 is 2.75 bits per heavy atom. The number of hydrogen-bond donors (Lipinski definition) is 1. The molecule has 0 radical (unpaired) electrons. The van der Waals surface area contributed by atoms with Gasteiger partial charge in [0.25, 0.3) is 0 Å². The minimum absolute atomic E-state index is 0.158. The number of carbonyl (C=O) groups is 2. The fraction of sp³-hybridized carbons (Fsp3) is 0.385. The topological polar surface area (TPSA) is 78.6 Å². The largest absolute Gasteiger partial charge is 0.493 e. The zero-order valence-corrected chi connectivity index (χ0v) is 12.4. The second kappa shape index (κ2) is 8.09. The molecule has 0 amide bonds. The molecule has 0 aromatic heterocycles. The van der Waals surface area contributed by atoms with Crippen molar-refractivity contribution in [2.45, 2.75) is 18.9 Å².